The highest BCUT2D eigenvalue weighted by molar-refractivity contribution is 6.23. The van der Waals surface area contributed by atoms with Gasteiger partial charge in [-0.2, -0.15) is 0 Å². The molecule has 0 spiro atoms. The van der Waals surface area contributed by atoms with E-state index in [9.17, 15) is 0 Å². The minimum absolute atomic E-state index is 0.126. The first-order valence-electron chi connectivity index (χ1n) is 34.5. The Bertz CT molecular complexity index is 4230. The van der Waals surface area contributed by atoms with E-state index in [-0.39, 0.29) is 10.8 Å². The number of hydrogen-bond donors (Lipinski definition) is 0. The molecular weight excluding hydrogens is 1130 g/mol. The van der Waals surface area contributed by atoms with E-state index in [0.29, 0.717) is 0 Å². The van der Waals surface area contributed by atoms with E-state index in [4.69, 9.17) is 0 Å². The number of hydrogen-bond acceptors (Lipinski definition) is 2. The van der Waals surface area contributed by atoms with Gasteiger partial charge in [0, 0.05) is 55.1 Å². The second kappa shape index (κ2) is 28.5. The Morgan fingerprint density at radius 2 is 0.447 bits per heavy atom. The molecule has 0 N–H and O–H groups in total. The largest absolute Gasteiger partial charge is 0.309 e. The zero-order chi connectivity index (χ0) is 64.4. The van der Waals surface area contributed by atoms with Crippen molar-refractivity contribution >= 4 is 55.7 Å². The molecule has 0 aliphatic heterocycles. The lowest BCUT2D eigenvalue weighted by Gasteiger charge is -2.33. The minimum atomic E-state index is -0.126. The van der Waals surface area contributed by atoms with Gasteiger partial charge < -0.3 is 9.80 Å². The predicted molar refractivity (Wildman–Crippen MR) is 405 cm³/mol. The Morgan fingerprint density at radius 1 is 0.223 bits per heavy atom. The van der Waals surface area contributed by atoms with Crippen LogP contribution in [0.3, 0.4) is 0 Å². The SMILES string of the molecule is CCCCCCc1ccc(-c2ccc(N(c3ccc(-c4ccc(C(C)(C)c5ccccc5)cc4)cc3)c3c4ccccc4c(N(c4ccc(-c5ccc(CCCCCC)cc5)cc4)c4ccc(-c5ccc(C(C)(C)c6ccccc6)cc5)cc4)c4ccccc34)cc2)cc1. The standard InChI is InChI=1S/C92H88N2/c1-7-9-11-15-25-67-35-39-69(40-36-67)73-47-59-81(60-48-73)93(83-63-51-75(52-64-83)71-43-55-79(56-44-71)91(3,4)77-27-17-13-18-28-77)89-85-31-21-23-33-87(85)90(88-34-24-22-32-86(88)89)94(82-61-49-74(50-62-82)70-41-37-68(38-42-70)26-16-12-10-8-2)84-65-53-76(54-66-84)72-45-57-80(58-46-72)92(5,6)78-29-19-14-20-30-78/h13-14,17-24,27-66H,7-12,15-16,25-26H2,1-6H3. The lowest BCUT2D eigenvalue weighted by molar-refractivity contribution is 0.641. The number of fused-ring (bicyclic) bond motifs is 2. The Kier molecular flexibility index (Phi) is 19.0. The van der Waals surface area contributed by atoms with Gasteiger partial charge in [0.05, 0.1) is 11.4 Å². The normalized spacial score (nSPS) is 11.7. The second-order valence-electron chi connectivity index (χ2n) is 26.8. The first kappa shape index (κ1) is 62.8. The molecule has 2 heteroatoms. The van der Waals surface area contributed by atoms with Crippen LogP contribution in [0, 0.1) is 0 Å². The number of benzene rings is 13. The minimum Gasteiger partial charge on any atom is -0.309 e. The second-order valence-corrected chi connectivity index (χ2v) is 26.8. The molecule has 0 unspecified atom stereocenters. The van der Waals surface area contributed by atoms with Crippen molar-refractivity contribution in [3.8, 4) is 44.5 Å². The van der Waals surface area contributed by atoms with Crippen molar-refractivity contribution in [2.45, 2.75) is 117 Å². The van der Waals surface area contributed by atoms with Crippen molar-refractivity contribution < 1.29 is 0 Å². The molecule has 0 aromatic heterocycles. The number of unbranched alkanes of at least 4 members (excludes halogenated alkanes) is 6. The average molecular weight is 1220 g/mol. The van der Waals surface area contributed by atoms with Gasteiger partial charge in [-0.05, 0) is 152 Å². The molecule has 0 fully saturated rings. The van der Waals surface area contributed by atoms with Gasteiger partial charge in [0.15, 0.2) is 0 Å². The van der Waals surface area contributed by atoms with E-state index in [1.807, 2.05) is 0 Å². The molecule has 0 radical (unpaired) electrons. The maximum Gasteiger partial charge on any atom is 0.0619 e. The molecule has 2 nitrogen and oxygen atoms in total. The van der Waals surface area contributed by atoms with Crippen LogP contribution in [-0.4, -0.2) is 0 Å². The molecule has 13 aromatic carbocycles. The van der Waals surface area contributed by atoms with Gasteiger partial charge in [0.25, 0.3) is 0 Å². The summed E-state index contributed by atoms with van der Waals surface area (Å²) in [5, 5.41) is 4.62. The predicted octanol–water partition coefficient (Wildman–Crippen LogP) is 26.5. The topological polar surface area (TPSA) is 6.48 Å². The molecule has 0 atom stereocenters. The van der Waals surface area contributed by atoms with Gasteiger partial charge in [0.2, 0.25) is 0 Å². The van der Waals surface area contributed by atoms with Crippen molar-refractivity contribution in [1.29, 1.82) is 0 Å². The summed E-state index contributed by atoms with van der Waals surface area (Å²) in [6.07, 6.45) is 12.4. The van der Waals surface area contributed by atoms with Crippen LogP contribution in [0.5, 0.6) is 0 Å². The summed E-state index contributed by atoms with van der Waals surface area (Å²) in [5.74, 6) is 0. The van der Waals surface area contributed by atoms with Crippen LogP contribution in [0.4, 0.5) is 34.1 Å². The lowest BCUT2D eigenvalue weighted by atomic mass is 9.78. The quantitative estimate of drug-likeness (QED) is 0.0338. The monoisotopic (exact) mass is 1220 g/mol. The van der Waals surface area contributed by atoms with Gasteiger partial charge in [-0.25, -0.2) is 0 Å². The van der Waals surface area contributed by atoms with Crippen LogP contribution in [0.15, 0.2) is 303 Å². The van der Waals surface area contributed by atoms with Crippen LogP contribution >= 0.6 is 0 Å². The third-order valence-corrected chi connectivity index (χ3v) is 19.9. The highest BCUT2D eigenvalue weighted by atomic mass is 15.2. The molecule has 0 saturated carbocycles. The summed E-state index contributed by atoms with van der Waals surface area (Å²) in [4.78, 5) is 5.01. The molecule has 0 heterocycles. The number of aryl methyl sites for hydroxylation is 2. The van der Waals surface area contributed by atoms with E-state index >= 15 is 0 Å². The van der Waals surface area contributed by atoms with Crippen LogP contribution in [0.1, 0.15) is 126 Å². The maximum atomic E-state index is 2.50. The van der Waals surface area contributed by atoms with E-state index in [1.54, 1.807) is 0 Å². The summed E-state index contributed by atoms with van der Waals surface area (Å²) in [6, 6.07) is 114. The third-order valence-electron chi connectivity index (χ3n) is 19.9. The van der Waals surface area contributed by atoms with Gasteiger partial charge >= 0.3 is 0 Å². The molecule has 0 bridgehead atoms. The third kappa shape index (κ3) is 13.4. The zero-order valence-corrected chi connectivity index (χ0v) is 55.8. The summed E-state index contributed by atoms with van der Waals surface area (Å²) in [7, 11) is 0. The fourth-order valence-electron chi connectivity index (χ4n) is 14.0. The number of rotatable bonds is 24. The van der Waals surface area contributed by atoms with Crippen molar-refractivity contribution in [1.82, 2.24) is 0 Å². The van der Waals surface area contributed by atoms with Crippen LogP contribution in [0.25, 0.3) is 66.1 Å². The molecule has 466 valence electrons. The number of anilines is 6. The van der Waals surface area contributed by atoms with Gasteiger partial charge in [-0.3, -0.25) is 0 Å². The highest BCUT2D eigenvalue weighted by Crippen LogP contribution is 2.52. The Labute approximate surface area is 559 Å². The lowest BCUT2D eigenvalue weighted by Crippen LogP contribution is -2.18. The fourth-order valence-corrected chi connectivity index (χ4v) is 14.0. The summed E-state index contributed by atoms with van der Waals surface area (Å²) < 4.78 is 0. The van der Waals surface area contributed by atoms with Gasteiger partial charge in [0.1, 0.15) is 0 Å². The van der Waals surface area contributed by atoms with Crippen molar-refractivity contribution in [2.24, 2.45) is 0 Å². The molecule has 94 heavy (non-hydrogen) atoms. The van der Waals surface area contributed by atoms with Gasteiger partial charge in [-0.15, -0.1) is 0 Å². The average Bonchev–Trinajstić information content (AvgIpc) is 0.725. The van der Waals surface area contributed by atoms with E-state index in [1.165, 1.54) is 129 Å². The van der Waals surface area contributed by atoms with Crippen LogP contribution < -0.4 is 9.80 Å². The van der Waals surface area contributed by atoms with E-state index in [0.717, 1.165) is 68.5 Å². The Balaban J connectivity index is 0.924. The zero-order valence-electron chi connectivity index (χ0n) is 55.8. The first-order valence-corrected chi connectivity index (χ1v) is 34.5. The smallest absolute Gasteiger partial charge is 0.0619 e. The molecule has 13 rings (SSSR count). The van der Waals surface area contributed by atoms with E-state index < -0.39 is 0 Å². The Morgan fingerprint density at radius 3 is 0.702 bits per heavy atom. The molecule has 0 amide bonds. The molecule has 0 aliphatic carbocycles. The molecule has 13 aromatic rings. The van der Waals surface area contributed by atoms with Crippen LogP contribution in [0.2, 0.25) is 0 Å². The number of nitrogens with zero attached hydrogens (tertiary/aromatic N) is 2. The summed E-state index contributed by atoms with van der Waals surface area (Å²) in [6.45, 7) is 13.8. The van der Waals surface area contributed by atoms with Gasteiger partial charge in [-0.1, -0.05) is 335 Å². The molecule has 0 aliphatic rings. The maximum absolute atomic E-state index is 2.50. The summed E-state index contributed by atoms with van der Waals surface area (Å²) >= 11 is 0. The molecular formula is C92H88N2. The van der Waals surface area contributed by atoms with E-state index in [2.05, 4.69) is 355 Å². The van der Waals surface area contributed by atoms with Crippen LogP contribution in [-0.2, 0) is 23.7 Å². The summed E-state index contributed by atoms with van der Waals surface area (Å²) in [5.41, 5.74) is 24.0. The Hall–Kier alpha value is -10.0. The van der Waals surface area contributed by atoms with Crippen molar-refractivity contribution in [3.63, 3.8) is 0 Å². The first-order chi connectivity index (χ1) is 46.0. The fraction of sp³-hybridized carbons (Fsp3) is 0.196. The highest BCUT2D eigenvalue weighted by Gasteiger charge is 2.28. The van der Waals surface area contributed by atoms with Crippen molar-refractivity contribution in [3.05, 3.63) is 337 Å². The van der Waals surface area contributed by atoms with Crippen molar-refractivity contribution in [2.75, 3.05) is 9.80 Å². The molecule has 0 saturated heterocycles.